The summed E-state index contributed by atoms with van der Waals surface area (Å²) < 4.78 is 42.2. The van der Waals surface area contributed by atoms with Crippen molar-refractivity contribution in [1.29, 1.82) is 0 Å². The number of aryl methyl sites for hydroxylation is 3. The zero-order chi connectivity index (χ0) is 15.6. The lowest BCUT2D eigenvalue weighted by atomic mass is 10.0. The number of hydrogen-bond donors (Lipinski definition) is 0. The van der Waals surface area contributed by atoms with Gasteiger partial charge in [-0.2, -0.15) is 13.2 Å². The number of ether oxygens (including phenoxy) is 1. The average Bonchev–Trinajstić information content (AvgIpc) is 2.38. The Labute approximate surface area is 121 Å². The lowest BCUT2D eigenvalue weighted by molar-refractivity contribution is -0.135. The van der Waals surface area contributed by atoms with E-state index >= 15 is 0 Å². The molecule has 114 valence electrons. The third kappa shape index (κ3) is 3.62. The Morgan fingerprint density at radius 1 is 1.14 bits per heavy atom. The van der Waals surface area contributed by atoms with Gasteiger partial charge in [0.1, 0.15) is 11.6 Å². The van der Waals surface area contributed by atoms with E-state index in [1.807, 2.05) is 13.0 Å². The molecule has 1 heterocycles. The maximum atomic E-state index is 12.3. The number of hydrogen-bond acceptors (Lipinski definition) is 3. The maximum Gasteiger partial charge on any atom is 0.389 e. The molecular formula is C15H17F3N2O. The second-order valence-corrected chi connectivity index (χ2v) is 4.99. The van der Waals surface area contributed by atoms with E-state index in [0.717, 1.165) is 11.1 Å². The Kier molecular flexibility index (Phi) is 4.34. The van der Waals surface area contributed by atoms with Crippen LogP contribution >= 0.6 is 0 Å². The highest BCUT2D eigenvalue weighted by Crippen LogP contribution is 2.31. The number of methoxy groups -OCH3 is 1. The van der Waals surface area contributed by atoms with E-state index in [4.69, 9.17) is 4.74 Å². The molecule has 2 aromatic rings. The first-order chi connectivity index (χ1) is 9.81. The van der Waals surface area contributed by atoms with Gasteiger partial charge in [-0.1, -0.05) is 6.07 Å². The third-order valence-corrected chi connectivity index (χ3v) is 3.29. The van der Waals surface area contributed by atoms with Crippen molar-refractivity contribution >= 4 is 10.9 Å². The zero-order valence-electron chi connectivity index (χ0n) is 12.2. The second-order valence-electron chi connectivity index (χ2n) is 4.99. The molecule has 0 saturated carbocycles. The van der Waals surface area contributed by atoms with Crippen LogP contribution in [0.25, 0.3) is 10.9 Å². The molecule has 6 heteroatoms. The highest BCUT2D eigenvalue weighted by atomic mass is 19.4. The molecule has 0 atom stereocenters. The first-order valence-corrected chi connectivity index (χ1v) is 6.69. The van der Waals surface area contributed by atoms with Gasteiger partial charge in [-0.25, -0.2) is 9.97 Å². The number of benzene rings is 1. The number of alkyl halides is 3. The Morgan fingerprint density at radius 3 is 2.48 bits per heavy atom. The minimum absolute atomic E-state index is 0.00610. The summed E-state index contributed by atoms with van der Waals surface area (Å²) in [6, 6.07) is 3.68. The van der Waals surface area contributed by atoms with Gasteiger partial charge >= 0.3 is 6.18 Å². The Bertz CT molecular complexity index is 653. The largest absolute Gasteiger partial charge is 0.496 e. The maximum absolute atomic E-state index is 12.3. The van der Waals surface area contributed by atoms with Crippen molar-refractivity contribution in [1.82, 2.24) is 9.97 Å². The van der Waals surface area contributed by atoms with Crippen molar-refractivity contribution in [3.8, 4) is 5.75 Å². The van der Waals surface area contributed by atoms with Gasteiger partial charge < -0.3 is 4.74 Å². The first-order valence-electron chi connectivity index (χ1n) is 6.69. The fraction of sp³-hybridized carbons (Fsp3) is 0.467. The lowest BCUT2D eigenvalue weighted by Gasteiger charge is -2.13. The SMILES string of the molecule is COc1ccc(C)c2nc(C)nc(CCCC(F)(F)F)c12. The van der Waals surface area contributed by atoms with Gasteiger partial charge in [-0.05, 0) is 38.3 Å². The van der Waals surface area contributed by atoms with Crippen molar-refractivity contribution in [3.05, 3.63) is 29.2 Å². The minimum atomic E-state index is -4.14. The Morgan fingerprint density at radius 2 is 1.86 bits per heavy atom. The summed E-state index contributed by atoms with van der Waals surface area (Å²) in [4.78, 5) is 8.70. The molecule has 0 aliphatic rings. The summed E-state index contributed by atoms with van der Waals surface area (Å²) >= 11 is 0. The van der Waals surface area contributed by atoms with Crippen LogP contribution < -0.4 is 4.74 Å². The van der Waals surface area contributed by atoms with Crippen molar-refractivity contribution in [2.24, 2.45) is 0 Å². The van der Waals surface area contributed by atoms with E-state index in [1.54, 1.807) is 13.0 Å². The summed E-state index contributed by atoms with van der Waals surface area (Å²) in [5, 5.41) is 0.713. The molecule has 0 N–H and O–H groups in total. The standard InChI is InChI=1S/C15H17F3N2O/c1-9-6-7-12(21-3)13-11(5-4-8-15(16,17)18)19-10(2)20-14(9)13/h6-7H,4-5,8H2,1-3H3. The van der Waals surface area contributed by atoms with Crippen molar-refractivity contribution in [3.63, 3.8) is 0 Å². The Hall–Kier alpha value is -1.85. The van der Waals surface area contributed by atoms with Gasteiger partial charge in [-0.15, -0.1) is 0 Å². The van der Waals surface area contributed by atoms with Gasteiger partial charge in [0.25, 0.3) is 0 Å². The number of nitrogens with zero attached hydrogens (tertiary/aromatic N) is 2. The lowest BCUT2D eigenvalue weighted by Crippen LogP contribution is -2.08. The topological polar surface area (TPSA) is 35.0 Å². The van der Waals surface area contributed by atoms with E-state index in [2.05, 4.69) is 9.97 Å². The van der Waals surface area contributed by atoms with Crippen LogP contribution in [-0.2, 0) is 6.42 Å². The average molecular weight is 298 g/mol. The van der Waals surface area contributed by atoms with Crippen LogP contribution in [0.15, 0.2) is 12.1 Å². The summed E-state index contributed by atoms with van der Waals surface area (Å²) in [5.74, 6) is 1.15. The molecule has 2 rings (SSSR count). The molecular weight excluding hydrogens is 281 g/mol. The van der Waals surface area contributed by atoms with E-state index in [-0.39, 0.29) is 12.8 Å². The molecule has 0 unspecified atom stereocenters. The third-order valence-electron chi connectivity index (χ3n) is 3.29. The van der Waals surface area contributed by atoms with Crippen LogP contribution in [0.1, 0.15) is 29.9 Å². The first kappa shape index (κ1) is 15.5. The molecule has 0 fully saturated rings. The van der Waals surface area contributed by atoms with E-state index in [1.165, 1.54) is 7.11 Å². The highest BCUT2D eigenvalue weighted by Gasteiger charge is 2.26. The molecule has 21 heavy (non-hydrogen) atoms. The summed E-state index contributed by atoms with van der Waals surface area (Å²) in [6.45, 7) is 3.65. The number of halogens is 3. The monoisotopic (exact) mass is 298 g/mol. The van der Waals surface area contributed by atoms with Crippen molar-refractivity contribution < 1.29 is 17.9 Å². The molecule has 0 aliphatic carbocycles. The molecule has 0 amide bonds. The molecule has 0 saturated heterocycles. The second kappa shape index (κ2) is 5.87. The van der Waals surface area contributed by atoms with Crippen LogP contribution in [0.2, 0.25) is 0 Å². The quantitative estimate of drug-likeness (QED) is 0.851. The van der Waals surface area contributed by atoms with Gasteiger partial charge in [0.05, 0.1) is 23.7 Å². The molecule has 1 aromatic carbocycles. The van der Waals surface area contributed by atoms with E-state index < -0.39 is 12.6 Å². The molecule has 3 nitrogen and oxygen atoms in total. The molecule has 0 radical (unpaired) electrons. The fourth-order valence-electron chi connectivity index (χ4n) is 2.35. The van der Waals surface area contributed by atoms with Crippen molar-refractivity contribution in [2.45, 2.75) is 39.3 Å². The number of fused-ring (bicyclic) bond motifs is 1. The van der Waals surface area contributed by atoms with Crippen molar-refractivity contribution in [2.75, 3.05) is 7.11 Å². The molecule has 0 aliphatic heterocycles. The van der Waals surface area contributed by atoms with E-state index in [9.17, 15) is 13.2 Å². The van der Waals surface area contributed by atoms with Crippen LogP contribution in [-0.4, -0.2) is 23.3 Å². The predicted molar refractivity (Wildman–Crippen MR) is 74.6 cm³/mol. The molecule has 0 bridgehead atoms. The van der Waals surface area contributed by atoms with Crippen LogP contribution in [0, 0.1) is 13.8 Å². The number of rotatable bonds is 4. The van der Waals surface area contributed by atoms with Crippen LogP contribution in [0.5, 0.6) is 5.75 Å². The number of aromatic nitrogens is 2. The summed E-state index contributed by atoms with van der Waals surface area (Å²) in [6.07, 6.45) is -4.70. The summed E-state index contributed by atoms with van der Waals surface area (Å²) in [7, 11) is 1.53. The van der Waals surface area contributed by atoms with Gasteiger partial charge in [-0.3, -0.25) is 0 Å². The smallest absolute Gasteiger partial charge is 0.389 e. The Balaban J connectivity index is 2.44. The normalized spacial score (nSPS) is 11.9. The zero-order valence-corrected chi connectivity index (χ0v) is 12.2. The van der Waals surface area contributed by atoms with Gasteiger partial charge in [0.2, 0.25) is 0 Å². The fourth-order valence-corrected chi connectivity index (χ4v) is 2.35. The van der Waals surface area contributed by atoms with E-state index in [0.29, 0.717) is 22.7 Å². The van der Waals surface area contributed by atoms with Gasteiger partial charge in [0, 0.05) is 6.42 Å². The molecule has 1 aromatic heterocycles. The highest BCUT2D eigenvalue weighted by molar-refractivity contribution is 5.89. The summed E-state index contributed by atoms with van der Waals surface area (Å²) in [5.41, 5.74) is 2.31. The molecule has 0 spiro atoms. The van der Waals surface area contributed by atoms with Crippen LogP contribution in [0.3, 0.4) is 0 Å². The van der Waals surface area contributed by atoms with Crippen LogP contribution in [0.4, 0.5) is 13.2 Å². The minimum Gasteiger partial charge on any atom is -0.496 e. The predicted octanol–water partition coefficient (Wildman–Crippen LogP) is 4.14. The van der Waals surface area contributed by atoms with Gasteiger partial charge in [0.15, 0.2) is 0 Å².